The van der Waals surface area contributed by atoms with Gasteiger partial charge in [0.1, 0.15) is 5.75 Å². The number of anilines is 1. The Balaban J connectivity index is 2.49. The zero-order valence-electron chi connectivity index (χ0n) is 14.0. The number of methoxy groups -OCH3 is 2. The van der Waals surface area contributed by atoms with Gasteiger partial charge < -0.3 is 9.47 Å². The molecule has 134 valence electrons. The van der Waals surface area contributed by atoms with Crippen molar-refractivity contribution in [2.75, 3.05) is 25.1 Å². The lowest BCUT2D eigenvalue weighted by molar-refractivity contribution is 0.0600. The van der Waals surface area contributed by atoms with Crippen molar-refractivity contribution in [2.24, 2.45) is 0 Å². The van der Waals surface area contributed by atoms with Crippen LogP contribution in [0, 0.1) is 0 Å². The van der Waals surface area contributed by atoms with Gasteiger partial charge in [-0.15, -0.1) is 0 Å². The van der Waals surface area contributed by atoms with Gasteiger partial charge in [0.2, 0.25) is 0 Å². The molecule has 6 nitrogen and oxygen atoms in total. The molecule has 0 fully saturated rings. The molecule has 0 radical (unpaired) electrons. The molecule has 0 bridgehead atoms. The van der Waals surface area contributed by atoms with Crippen LogP contribution in [0.4, 0.5) is 5.69 Å². The summed E-state index contributed by atoms with van der Waals surface area (Å²) in [5, 5.41) is 0. The molecular formula is C17H18BrNO5S. The largest absolute Gasteiger partial charge is 0.496 e. The Kier molecular flexibility index (Phi) is 6.07. The molecule has 2 rings (SSSR count). The Bertz CT molecular complexity index is 882. The van der Waals surface area contributed by atoms with Crippen LogP contribution in [-0.4, -0.2) is 35.2 Å². The first-order valence-corrected chi connectivity index (χ1v) is 9.63. The van der Waals surface area contributed by atoms with E-state index in [9.17, 15) is 13.2 Å². The van der Waals surface area contributed by atoms with Crippen molar-refractivity contribution in [3.63, 3.8) is 0 Å². The zero-order chi connectivity index (χ0) is 18.6. The molecule has 0 spiro atoms. The number of hydrogen-bond acceptors (Lipinski definition) is 5. The van der Waals surface area contributed by atoms with Crippen molar-refractivity contribution >= 4 is 37.6 Å². The highest BCUT2D eigenvalue weighted by Crippen LogP contribution is 2.30. The maximum absolute atomic E-state index is 13.0. The van der Waals surface area contributed by atoms with E-state index in [2.05, 4.69) is 20.7 Å². The fraction of sp³-hybridized carbons (Fsp3) is 0.235. The number of carbonyl (C=O) groups is 1. The molecule has 8 heteroatoms. The Morgan fingerprint density at radius 1 is 1.16 bits per heavy atom. The van der Waals surface area contributed by atoms with Crippen LogP contribution in [0.25, 0.3) is 0 Å². The summed E-state index contributed by atoms with van der Waals surface area (Å²) in [6.07, 6.45) is 0. The summed E-state index contributed by atoms with van der Waals surface area (Å²) in [6, 6.07) is 10.9. The summed E-state index contributed by atoms with van der Waals surface area (Å²) in [6.45, 7) is 1.93. The van der Waals surface area contributed by atoms with E-state index in [0.29, 0.717) is 15.9 Å². The SMILES string of the molecule is CCN(c1cccc(C(=O)OC)c1)S(=O)(=O)c1ccc(OC)c(Br)c1. The number of ether oxygens (including phenoxy) is 2. The molecule has 0 aliphatic rings. The third-order valence-corrected chi connectivity index (χ3v) is 6.07. The molecule has 0 saturated heterocycles. The first kappa shape index (κ1) is 19.3. The van der Waals surface area contributed by atoms with Crippen molar-refractivity contribution in [3.8, 4) is 5.75 Å². The fourth-order valence-electron chi connectivity index (χ4n) is 2.33. The lowest BCUT2D eigenvalue weighted by Crippen LogP contribution is -2.31. The van der Waals surface area contributed by atoms with Crippen molar-refractivity contribution in [2.45, 2.75) is 11.8 Å². The number of esters is 1. The van der Waals surface area contributed by atoms with Crippen LogP contribution in [0.2, 0.25) is 0 Å². The van der Waals surface area contributed by atoms with E-state index < -0.39 is 16.0 Å². The fourth-order valence-corrected chi connectivity index (χ4v) is 4.52. The van der Waals surface area contributed by atoms with Crippen LogP contribution in [0.3, 0.4) is 0 Å². The average Bonchev–Trinajstić information content (AvgIpc) is 2.61. The van der Waals surface area contributed by atoms with E-state index in [1.807, 2.05) is 0 Å². The van der Waals surface area contributed by atoms with Gasteiger partial charge in [-0.2, -0.15) is 0 Å². The monoisotopic (exact) mass is 427 g/mol. The Morgan fingerprint density at radius 3 is 2.44 bits per heavy atom. The maximum Gasteiger partial charge on any atom is 0.337 e. The highest BCUT2D eigenvalue weighted by atomic mass is 79.9. The molecule has 0 N–H and O–H groups in total. The predicted octanol–water partition coefficient (Wildman–Crippen LogP) is 3.46. The lowest BCUT2D eigenvalue weighted by atomic mass is 10.2. The maximum atomic E-state index is 13.0. The van der Waals surface area contributed by atoms with E-state index >= 15 is 0 Å². The Labute approximate surface area is 155 Å². The highest BCUT2D eigenvalue weighted by Gasteiger charge is 2.25. The van der Waals surface area contributed by atoms with Crippen molar-refractivity contribution in [1.29, 1.82) is 0 Å². The summed E-state index contributed by atoms with van der Waals surface area (Å²) < 4.78 is 37.6. The number of sulfonamides is 1. The molecular weight excluding hydrogens is 410 g/mol. The van der Waals surface area contributed by atoms with Gasteiger partial charge in [0.25, 0.3) is 10.0 Å². The van der Waals surface area contributed by atoms with E-state index in [0.717, 1.165) is 0 Å². The van der Waals surface area contributed by atoms with Crippen LogP contribution >= 0.6 is 15.9 Å². The van der Waals surface area contributed by atoms with Gasteiger partial charge in [-0.05, 0) is 59.3 Å². The zero-order valence-corrected chi connectivity index (χ0v) is 16.4. The molecule has 0 amide bonds. The van der Waals surface area contributed by atoms with E-state index in [4.69, 9.17) is 4.74 Å². The first-order chi connectivity index (χ1) is 11.8. The summed E-state index contributed by atoms with van der Waals surface area (Å²) >= 11 is 3.30. The number of hydrogen-bond donors (Lipinski definition) is 0. The molecule has 2 aromatic carbocycles. The summed E-state index contributed by atoms with van der Waals surface area (Å²) in [7, 11) is -1.02. The summed E-state index contributed by atoms with van der Waals surface area (Å²) in [5.74, 6) is 0.0113. The molecule has 0 aliphatic heterocycles. The summed E-state index contributed by atoms with van der Waals surface area (Å²) in [5.41, 5.74) is 0.668. The Hall–Kier alpha value is -2.06. The number of nitrogens with zero attached hydrogens (tertiary/aromatic N) is 1. The minimum absolute atomic E-state index is 0.116. The number of benzene rings is 2. The molecule has 0 atom stereocenters. The number of rotatable bonds is 6. The normalized spacial score (nSPS) is 11.0. The van der Waals surface area contributed by atoms with E-state index in [1.165, 1.54) is 36.7 Å². The first-order valence-electron chi connectivity index (χ1n) is 7.39. The van der Waals surface area contributed by atoms with Crippen LogP contribution in [0.5, 0.6) is 5.75 Å². The summed E-state index contributed by atoms with van der Waals surface area (Å²) in [4.78, 5) is 11.8. The van der Waals surface area contributed by atoms with E-state index in [-0.39, 0.29) is 17.0 Å². The smallest absolute Gasteiger partial charge is 0.337 e. The van der Waals surface area contributed by atoms with Crippen LogP contribution in [0.15, 0.2) is 51.8 Å². The van der Waals surface area contributed by atoms with Crippen molar-refractivity contribution in [3.05, 3.63) is 52.5 Å². The van der Waals surface area contributed by atoms with Crippen LogP contribution < -0.4 is 9.04 Å². The minimum Gasteiger partial charge on any atom is -0.496 e. The molecule has 0 saturated carbocycles. The second-order valence-electron chi connectivity index (χ2n) is 5.01. The predicted molar refractivity (Wildman–Crippen MR) is 98.7 cm³/mol. The number of carbonyl (C=O) groups excluding carboxylic acids is 1. The van der Waals surface area contributed by atoms with Gasteiger partial charge >= 0.3 is 5.97 Å². The molecule has 0 heterocycles. The molecule has 25 heavy (non-hydrogen) atoms. The average molecular weight is 428 g/mol. The van der Waals surface area contributed by atoms with Gasteiger partial charge in [-0.3, -0.25) is 4.31 Å². The van der Waals surface area contributed by atoms with Gasteiger partial charge in [-0.1, -0.05) is 6.07 Å². The molecule has 0 aliphatic carbocycles. The topological polar surface area (TPSA) is 72.9 Å². The van der Waals surface area contributed by atoms with Gasteiger partial charge in [0.15, 0.2) is 0 Å². The second-order valence-corrected chi connectivity index (χ2v) is 7.72. The Morgan fingerprint density at radius 2 is 1.88 bits per heavy atom. The van der Waals surface area contributed by atoms with Crippen LogP contribution in [0.1, 0.15) is 17.3 Å². The molecule has 0 aromatic heterocycles. The lowest BCUT2D eigenvalue weighted by Gasteiger charge is -2.23. The van der Waals surface area contributed by atoms with Crippen LogP contribution in [-0.2, 0) is 14.8 Å². The van der Waals surface area contributed by atoms with E-state index in [1.54, 1.807) is 31.2 Å². The number of halogens is 1. The third-order valence-electron chi connectivity index (χ3n) is 3.55. The highest BCUT2D eigenvalue weighted by molar-refractivity contribution is 9.10. The van der Waals surface area contributed by atoms with Crippen molar-refractivity contribution in [1.82, 2.24) is 0 Å². The van der Waals surface area contributed by atoms with Gasteiger partial charge in [0, 0.05) is 6.54 Å². The van der Waals surface area contributed by atoms with Gasteiger partial charge in [0.05, 0.1) is 34.8 Å². The van der Waals surface area contributed by atoms with Crippen molar-refractivity contribution < 1.29 is 22.7 Å². The quantitative estimate of drug-likeness (QED) is 0.659. The third kappa shape index (κ3) is 3.96. The van der Waals surface area contributed by atoms with Gasteiger partial charge in [-0.25, -0.2) is 13.2 Å². The second kappa shape index (κ2) is 7.88. The minimum atomic E-state index is -3.81. The standard InChI is InChI=1S/C17H18BrNO5S/c1-4-19(13-7-5-6-12(10-13)17(20)24-3)25(21,22)14-8-9-16(23-2)15(18)11-14/h5-11H,4H2,1-3H3. The molecule has 2 aromatic rings. The molecule has 0 unspecified atom stereocenters.